The fourth-order valence-corrected chi connectivity index (χ4v) is 0.682. The smallest absolute Gasteiger partial charge is 0.216 e. The molecule has 0 aliphatic carbocycles. The van der Waals surface area contributed by atoms with Crippen LogP contribution < -0.4 is 11.1 Å². The normalized spacial score (nSPS) is 11.9. The van der Waals surface area contributed by atoms with Crippen LogP contribution >= 0.6 is 0 Å². The lowest BCUT2D eigenvalue weighted by atomic mass is 10.1. The van der Waals surface area contributed by atoms with Crippen molar-refractivity contribution in [2.75, 3.05) is 12.8 Å². The van der Waals surface area contributed by atoms with Crippen molar-refractivity contribution in [2.45, 2.75) is 19.4 Å². The van der Waals surface area contributed by atoms with Gasteiger partial charge >= 0.3 is 0 Å². The topological polar surface area (TPSA) is 64.1 Å². The monoisotopic (exact) mass is 155 g/mol. The summed E-state index contributed by atoms with van der Waals surface area (Å²) >= 11 is 0. The lowest BCUT2D eigenvalue weighted by molar-refractivity contribution is 0.333. The van der Waals surface area contributed by atoms with Crippen LogP contribution in [0.25, 0.3) is 0 Å². The van der Waals surface area contributed by atoms with Crippen molar-refractivity contribution in [1.29, 1.82) is 0 Å². The molecular formula is C7H13N3O. The van der Waals surface area contributed by atoms with Gasteiger partial charge in [0.25, 0.3) is 0 Å². The lowest BCUT2D eigenvalue weighted by Gasteiger charge is -2.18. The third-order valence-electron chi connectivity index (χ3n) is 1.68. The maximum Gasteiger partial charge on any atom is 0.216 e. The summed E-state index contributed by atoms with van der Waals surface area (Å²) in [6.45, 7) is 3.94. The Morgan fingerprint density at radius 1 is 1.64 bits per heavy atom. The van der Waals surface area contributed by atoms with Gasteiger partial charge in [0, 0.05) is 0 Å². The van der Waals surface area contributed by atoms with E-state index in [-0.39, 0.29) is 5.54 Å². The number of hydrogen-bond acceptors (Lipinski definition) is 4. The van der Waals surface area contributed by atoms with Crippen LogP contribution in [0.15, 0.2) is 10.6 Å². The van der Waals surface area contributed by atoms with Gasteiger partial charge < -0.3 is 15.5 Å². The molecule has 0 saturated heterocycles. The van der Waals surface area contributed by atoms with Gasteiger partial charge in [0.05, 0.1) is 11.7 Å². The molecule has 0 bridgehead atoms. The molecule has 0 unspecified atom stereocenters. The first-order chi connectivity index (χ1) is 5.06. The Morgan fingerprint density at radius 3 is 2.64 bits per heavy atom. The number of nitrogens with zero attached hydrogens (tertiary/aromatic N) is 1. The Morgan fingerprint density at radius 2 is 2.27 bits per heavy atom. The maximum atomic E-state index is 5.37. The van der Waals surface area contributed by atoms with Gasteiger partial charge in [-0.25, -0.2) is 4.98 Å². The summed E-state index contributed by atoms with van der Waals surface area (Å²) in [6, 6.07) is 0. The molecule has 4 nitrogen and oxygen atoms in total. The molecule has 0 aliphatic rings. The highest BCUT2D eigenvalue weighted by atomic mass is 16.4. The second-order valence-electron chi connectivity index (χ2n) is 2.94. The van der Waals surface area contributed by atoms with E-state index < -0.39 is 0 Å². The van der Waals surface area contributed by atoms with Crippen LogP contribution in [0, 0.1) is 0 Å². The highest BCUT2D eigenvalue weighted by molar-refractivity contribution is 5.20. The Bertz CT molecular complexity index is 242. The van der Waals surface area contributed by atoms with Crippen molar-refractivity contribution in [1.82, 2.24) is 10.3 Å². The van der Waals surface area contributed by atoms with E-state index in [1.807, 2.05) is 20.9 Å². The molecule has 4 heteroatoms. The Labute approximate surface area is 65.8 Å². The minimum Gasteiger partial charge on any atom is -0.424 e. The highest BCUT2D eigenvalue weighted by Crippen LogP contribution is 2.19. The van der Waals surface area contributed by atoms with Crippen LogP contribution in [0.5, 0.6) is 0 Å². The van der Waals surface area contributed by atoms with Gasteiger partial charge in [-0.3, -0.25) is 0 Å². The van der Waals surface area contributed by atoms with E-state index in [0.29, 0.717) is 11.8 Å². The van der Waals surface area contributed by atoms with E-state index in [1.165, 1.54) is 6.20 Å². The molecule has 1 heterocycles. The van der Waals surface area contributed by atoms with E-state index in [4.69, 9.17) is 10.2 Å². The second kappa shape index (κ2) is 2.54. The maximum absolute atomic E-state index is 5.37. The van der Waals surface area contributed by atoms with Gasteiger partial charge in [-0.2, -0.15) is 0 Å². The molecule has 0 radical (unpaired) electrons. The highest BCUT2D eigenvalue weighted by Gasteiger charge is 2.23. The summed E-state index contributed by atoms with van der Waals surface area (Å²) < 4.78 is 5.14. The Balaban J connectivity index is 2.92. The Hall–Kier alpha value is -1.03. The molecule has 0 atom stereocenters. The molecule has 0 saturated carbocycles. The van der Waals surface area contributed by atoms with Crippen molar-refractivity contribution < 1.29 is 4.42 Å². The quantitative estimate of drug-likeness (QED) is 0.660. The largest absolute Gasteiger partial charge is 0.424 e. The number of hydrogen-bond donors (Lipinski definition) is 2. The average molecular weight is 155 g/mol. The van der Waals surface area contributed by atoms with Crippen molar-refractivity contribution >= 4 is 5.88 Å². The molecule has 1 rings (SSSR count). The Kier molecular flexibility index (Phi) is 1.87. The third kappa shape index (κ3) is 1.51. The predicted octanol–water partition coefficient (Wildman–Crippen LogP) is 0.711. The van der Waals surface area contributed by atoms with E-state index in [0.717, 1.165) is 0 Å². The molecule has 62 valence electrons. The van der Waals surface area contributed by atoms with Gasteiger partial charge in [0.2, 0.25) is 11.8 Å². The molecule has 0 fully saturated rings. The summed E-state index contributed by atoms with van der Waals surface area (Å²) in [7, 11) is 1.85. The fraction of sp³-hybridized carbons (Fsp3) is 0.571. The van der Waals surface area contributed by atoms with Crippen molar-refractivity contribution in [2.24, 2.45) is 0 Å². The number of nitrogens with two attached hydrogens (primary N) is 1. The number of nitrogen functional groups attached to an aromatic ring is 1. The zero-order chi connectivity index (χ0) is 8.48. The minimum atomic E-state index is -0.252. The van der Waals surface area contributed by atoms with Crippen LogP contribution in [0.1, 0.15) is 19.7 Å². The zero-order valence-electron chi connectivity index (χ0n) is 7.01. The molecular weight excluding hydrogens is 142 g/mol. The second-order valence-corrected chi connectivity index (χ2v) is 2.94. The minimum absolute atomic E-state index is 0.252. The number of nitrogens with one attached hydrogen (secondary N) is 1. The molecule has 1 aromatic rings. The molecule has 1 aromatic heterocycles. The zero-order valence-corrected chi connectivity index (χ0v) is 7.01. The fourth-order valence-electron chi connectivity index (χ4n) is 0.682. The summed E-state index contributed by atoms with van der Waals surface area (Å²) in [5, 5.41) is 3.06. The number of anilines is 1. The van der Waals surface area contributed by atoms with Gasteiger partial charge in [-0.15, -0.1) is 0 Å². The summed E-state index contributed by atoms with van der Waals surface area (Å²) in [4.78, 5) is 4.00. The number of rotatable bonds is 2. The SMILES string of the molecule is CNC(C)(C)c1ncc(N)o1. The van der Waals surface area contributed by atoms with Crippen LogP contribution in [-0.4, -0.2) is 12.0 Å². The molecule has 0 aromatic carbocycles. The summed E-state index contributed by atoms with van der Waals surface area (Å²) in [6.07, 6.45) is 1.51. The van der Waals surface area contributed by atoms with Crippen molar-refractivity contribution in [3.05, 3.63) is 12.1 Å². The van der Waals surface area contributed by atoms with Crippen molar-refractivity contribution in [3.63, 3.8) is 0 Å². The summed E-state index contributed by atoms with van der Waals surface area (Å²) in [5.74, 6) is 0.959. The molecule has 11 heavy (non-hydrogen) atoms. The number of oxazole rings is 1. The van der Waals surface area contributed by atoms with Crippen LogP contribution in [0.4, 0.5) is 5.88 Å². The molecule has 0 spiro atoms. The first-order valence-corrected chi connectivity index (χ1v) is 3.47. The molecule has 3 N–H and O–H groups in total. The average Bonchev–Trinajstić information content (AvgIpc) is 2.36. The first kappa shape index (κ1) is 8.07. The van der Waals surface area contributed by atoms with E-state index >= 15 is 0 Å². The van der Waals surface area contributed by atoms with Crippen molar-refractivity contribution in [3.8, 4) is 0 Å². The van der Waals surface area contributed by atoms with Crippen LogP contribution in [0.2, 0.25) is 0 Å². The van der Waals surface area contributed by atoms with Crippen LogP contribution in [-0.2, 0) is 5.54 Å². The van der Waals surface area contributed by atoms with E-state index in [9.17, 15) is 0 Å². The molecule has 0 amide bonds. The summed E-state index contributed by atoms with van der Waals surface area (Å²) in [5.41, 5.74) is 5.12. The number of aromatic nitrogens is 1. The van der Waals surface area contributed by atoms with E-state index in [1.54, 1.807) is 0 Å². The lowest BCUT2D eigenvalue weighted by Crippen LogP contribution is -2.33. The van der Waals surface area contributed by atoms with Gasteiger partial charge in [-0.1, -0.05) is 0 Å². The van der Waals surface area contributed by atoms with Gasteiger partial charge in [0.15, 0.2) is 0 Å². The molecule has 0 aliphatic heterocycles. The standard InChI is InChI=1S/C7H13N3O/c1-7(2,9-3)6-10-4-5(8)11-6/h4,9H,8H2,1-3H3. The van der Waals surface area contributed by atoms with Gasteiger partial charge in [0.1, 0.15) is 0 Å². The third-order valence-corrected chi connectivity index (χ3v) is 1.68. The van der Waals surface area contributed by atoms with E-state index in [2.05, 4.69) is 10.3 Å². The van der Waals surface area contributed by atoms with Crippen LogP contribution in [0.3, 0.4) is 0 Å². The van der Waals surface area contributed by atoms with Gasteiger partial charge in [-0.05, 0) is 20.9 Å². The predicted molar refractivity (Wildman–Crippen MR) is 43.0 cm³/mol. The first-order valence-electron chi connectivity index (χ1n) is 3.47.